The van der Waals surface area contributed by atoms with Gasteiger partial charge in [0.25, 0.3) is 11.8 Å². The molecule has 3 amide bonds. The van der Waals surface area contributed by atoms with Crippen molar-refractivity contribution in [2.45, 2.75) is 6.92 Å². The van der Waals surface area contributed by atoms with Gasteiger partial charge in [-0.1, -0.05) is 0 Å². The van der Waals surface area contributed by atoms with Gasteiger partial charge < -0.3 is 19.7 Å². The molecule has 9 heteroatoms. The van der Waals surface area contributed by atoms with Crippen molar-refractivity contribution in [3.63, 3.8) is 0 Å². The Morgan fingerprint density at radius 3 is 1.87 bits per heavy atom. The fraction of sp³-hybridized carbons (Fsp3) is 0.238. The molecule has 2 N–H and O–H groups in total. The Morgan fingerprint density at radius 2 is 1.33 bits per heavy atom. The van der Waals surface area contributed by atoms with Gasteiger partial charge >= 0.3 is 12.1 Å². The first kappa shape index (κ1) is 22.4. The molecule has 30 heavy (non-hydrogen) atoms. The molecule has 2 aromatic rings. The number of hydrogen-bond donors (Lipinski definition) is 2. The van der Waals surface area contributed by atoms with Gasteiger partial charge in [0.15, 0.2) is 6.61 Å². The first-order chi connectivity index (χ1) is 14.3. The number of benzene rings is 2. The molecule has 0 saturated carbocycles. The molecule has 0 spiro atoms. The van der Waals surface area contributed by atoms with Gasteiger partial charge in [-0.05, 0) is 55.5 Å². The van der Waals surface area contributed by atoms with Gasteiger partial charge in [-0.2, -0.15) is 0 Å². The number of nitrogens with zero attached hydrogens (tertiary/aromatic N) is 1. The van der Waals surface area contributed by atoms with E-state index in [1.54, 1.807) is 45.3 Å². The number of carbonyl (C=O) groups is 4. The summed E-state index contributed by atoms with van der Waals surface area (Å²) in [4.78, 5) is 48.7. The molecule has 0 heterocycles. The largest absolute Gasteiger partial charge is 0.452 e. The van der Waals surface area contributed by atoms with Crippen molar-refractivity contribution in [2.75, 3.05) is 37.9 Å². The van der Waals surface area contributed by atoms with Crippen LogP contribution in [-0.4, -0.2) is 56.1 Å². The van der Waals surface area contributed by atoms with Gasteiger partial charge in [-0.25, -0.2) is 9.59 Å². The van der Waals surface area contributed by atoms with E-state index in [1.807, 2.05) is 0 Å². The quantitative estimate of drug-likeness (QED) is 0.675. The molecular weight excluding hydrogens is 390 g/mol. The second-order valence-electron chi connectivity index (χ2n) is 6.32. The molecule has 0 saturated heterocycles. The fourth-order valence-electron chi connectivity index (χ4n) is 2.34. The predicted molar refractivity (Wildman–Crippen MR) is 110 cm³/mol. The van der Waals surface area contributed by atoms with Gasteiger partial charge in [0.05, 0.1) is 12.2 Å². The Morgan fingerprint density at radius 1 is 0.800 bits per heavy atom. The first-order valence-corrected chi connectivity index (χ1v) is 9.12. The lowest BCUT2D eigenvalue weighted by Gasteiger charge is -2.11. The molecule has 0 aliphatic carbocycles. The number of anilines is 2. The van der Waals surface area contributed by atoms with Crippen molar-refractivity contribution < 1.29 is 28.7 Å². The Bertz CT molecular complexity index is 907. The average molecular weight is 413 g/mol. The lowest BCUT2D eigenvalue weighted by molar-refractivity contribution is -0.119. The van der Waals surface area contributed by atoms with Crippen LogP contribution >= 0.6 is 0 Å². The molecule has 158 valence electrons. The first-order valence-electron chi connectivity index (χ1n) is 9.12. The average Bonchev–Trinajstić information content (AvgIpc) is 2.72. The van der Waals surface area contributed by atoms with Crippen LogP contribution in [0, 0.1) is 0 Å². The van der Waals surface area contributed by atoms with Gasteiger partial charge in [-0.3, -0.25) is 14.9 Å². The molecule has 2 rings (SSSR count). The normalized spacial score (nSPS) is 9.97. The minimum atomic E-state index is -0.681. The van der Waals surface area contributed by atoms with Crippen LogP contribution in [0.3, 0.4) is 0 Å². The summed E-state index contributed by atoms with van der Waals surface area (Å²) in [5, 5.41) is 5.09. The summed E-state index contributed by atoms with van der Waals surface area (Å²) in [5.41, 5.74) is 1.65. The van der Waals surface area contributed by atoms with Crippen LogP contribution in [0.2, 0.25) is 0 Å². The summed E-state index contributed by atoms with van der Waals surface area (Å²) in [6.07, 6.45) is -0.594. The molecule has 0 fully saturated rings. The zero-order valence-electron chi connectivity index (χ0n) is 16.9. The second-order valence-corrected chi connectivity index (χ2v) is 6.32. The van der Waals surface area contributed by atoms with Crippen molar-refractivity contribution in [3.8, 4) is 0 Å². The SMILES string of the molecule is CCOC(=O)Nc1ccc(C(=O)OCC(=O)Nc2ccc(C(=O)N(C)C)cc2)cc1. The summed E-state index contributed by atoms with van der Waals surface area (Å²) in [7, 11) is 3.30. The molecule has 0 atom stereocenters. The van der Waals surface area contributed by atoms with E-state index in [0.29, 0.717) is 16.9 Å². The van der Waals surface area contributed by atoms with Crippen LogP contribution in [0.5, 0.6) is 0 Å². The zero-order chi connectivity index (χ0) is 22.1. The van der Waals surface area contributed by atoms with Crippen LogP contribution < -0.4 is 10.6 Å². The summed E-state index contributed by atoms with van der Waals surface area (Å²) in [6, 6.07) is 12.3. The Labute approximate surface area is 174 Å². The monoisotopic (exact) mass is 413 g/mol. The lowest BCUT2D eigenvalue weighted by Crippen LogP contribution is -2.22. The highest BCUT2D eigenvalue weighted by Crippen LogP contribution is 2.12. The molecular formula is C21H23N3O6. The highest BCUT2D eigenvalue weighted by molar-refractivity contribution is 5.97. The fourth-order valence-corrected chi connectivity index (χ4v) is 2.34. The molecule has 0 unspecified atom stereocenters. The van der Waals surface area contributed by atoms with Crippen LogP contribution in [0.4, 0.5) is 16.2 Å². The van der Waals surface area contributed by atoms with E-state index in [0.717, 1.165) is 0 Å². The molecule has 0 radical (unpaired) electrons. The smallest absolute Gasteiger partial charge is 0.411 e. The summed E-state index contributed by atoms with van der Waals surface area (Å²) in [6.45, 7) is 1.46. The number of amides is 3. The van der Waals surface area contributed by atoms with Crippen molar-refractivity contribution in [1.82, 2.24) is 4.90 Å². The van der Waals surface area contributed by atoms with E-state index in [2.05, 4.69) is 10.6 Å². The summed E-state index contributed by atoms with van der Waals surface area (Å²) >= 11 is 0. The van der Waals surface area contributed by atoms with Gasteiger partial charge in [-0.15, -0.1) is 0 Å². The highest BCUT2D eigenvalue weighted by Gasteiger charge is 2.12. The van der Waals surface area contributed by atoms with Gasteiger partial charge in [0, 0.05) is 31.0 Å². The maximum absolute atomic E-state index is 12.1. The van der Waals surface area contributed by atoms with Gasteiger partial charge in [0.1, 0.15) is 0 Å². The molecule has 0 aromatic heterocycles. The third kappa shape index (κ3) is 6.62. The van der Waals surface area contributed by atoms with E-state index in [1.165, 1.54) is 29.2 Å². The summed E-state index contributed by atoms with van der Waals surface area (Å²) in [5.74, 6) is -1.35. The van der Waals surface area contributed by atoms with E-state index in [9.17, 15) is 19.2 Å². The minimum Gasteiger partial charge on any atom is -0.452 e. The van der Waals surface area contributed by atoms with E-state index in [4.69, 9.17) is 9.47 Å². The molecule has 0 bridgehead atoms. The molecule has 0 aliphatic heterocycles. The number of nitrogens with one attached hydrogen (secondary N) is 2. The number of rotatable bonds is 7. The molecule has 2 aromatic carbocycles. The van der Waals surface area contributed by atoms with Crippen LogP contribution in [0.15, 0.2) is 48.5 Å². The topological polar surface area (TPSA) is 114 Å². The van der Waals surface area contributed by atoms with Gasteiger partial charge in [0.2, 0.25) is 0 Å². The van der Waals surface area contributed by atoms with E-state index < -0.39 is 24.6 Å². The second kappa shape index (κ2) is 10.6. The maximum atomic E-state index is 12.1. The number of ether oxygens (including phenoxy) is 2. The Kier molecular flexibility index (Phi) is 7.92. The van der Waals surface area contributed by atoms with Crippen LogP contribution in [0.1, 0.15) is 27.6 Å². The number of esters is 1. The van der Waals surface area contributed by atoms with Crippen LogP contribution in [-0.2, 0) is 14.3 Å². The highest BCUT2D eigenvalue weighted by atomic mass is 16.5. The van der Waals surface area contributed by atoms with Crippen molar-refractivity contribution in [3.05, 3.63) is 59.7 Å². The number of carbonyl (C=O) groups excluding carboxylic acids is 4. The van der Waals surface area contributed by atoms with Crippen LogP contribution in [0.25, 0.3) is 0 Å². The predicted octanol–water partition coefficient (Wildman–Crippen LogP) is 2.75. The standard InChI is InChI=1S/C21H23N3O6/c1-4-29-21(28)23-17-11-7-15(8-12-17)20(27)30-13-18(25)22-16-9-5-14(6-10-16)19(26)24(2)3/h5-12H,4,13H2,1-3H3,(H,22,25)(H,23,28). The Hall–Kier alpha value is -3.88. The number of hydrogen-bond acceptors (Lipinski definition) is 6. The van der Waals surface area contributed by atoms with Crippen molar-refractivity contribution >= 4 is 35.3 Å². The third-order valence-electron chi connectivity index (χ3n) is 3.80. The van der Waals surface area contributed by atoms with E-state index >= 15 is 0 Å². The zero-order valence-corrected chi connectivity index (χ0v) is 16.9. The maximum Gasteiger partial charge on any atom is 0.411 e. The Balaban J connectivity index is 1.83. The minimum absolute atomic E-state index is 0.148. The summed E-state index contributed by atoms with van der Waals surface area (Å²) < 4.78 is 9.75. The lowest BCUT2D eigenvalue weighted by atomic mass is 10.2. The molecule has 0 aliphatic rings. The van der Waals surface area contributed by atoms with E-state index in [-0.39, 0.29) is 18.1 Å². The molecule has 9 nitrogen and oxygen atoms in total. The third-order valence-corrected chi connectivity index (χ3v) is 3.80. The van der Waals surface area contributed by atoms with Crippen molar-refractivity contribution in [2.24, 2.45) is 0 Å². The van der Waals surface area contributed by atoms with Crippen molar-refractivity contribution in [1.29, 1.82) is 0 Å².